The van der Waals surface area contributed by atoms with Crippen molar-refractivity contribution in [1.82, 2.24) is 0 Å². The fraction of sp³-hybridized carbons (Fsp3) is 0. The highest BCUT2D eigenvalue weighted by atomic mass is 14.9. The molecule has 0 aromatic carbocycles. The van der Waals surface area contributed by atoms with Crippen LogP contribution in [0.3, 0.4) is 0 Å². The van der Waals surface area contributed by atoms with Crippen LogP contribution in [0.25, 0.3) is 6.20 Å². The minimum absolute atomic E-state index is 1.76. The Morgan fingerprint density at radius 3 is 2.44 bits per heavy atom. The molecule has 0 radical (unpaired) electrons. The van der Waals surface area contributed by atoms with Gasteiger partial charge >= 0.3 is 0 Å². The van der Waals surface area contributed by atoms with Crippen molar-refractivity contribution in [3.05, 3.63) is 42.9 Å². The predicted octanol–water partition coefficient (Wildman–Crippen LogP) is 1.23. The smallest absolute Gasteiger partial charge is 0.167 e. The summed E-state index contributed by atoms with van der Waals surface area (Å²) in [6, 6.07) is 5.87. The first-order valence-electron chi connectivity index (χ1n) is 2.75. The summed E-state index contributed by atoms with van der Waals surface area (Å²) >= 11 is 0. The maximum atomic E-state index is 3.45. The first kappa shape index (κ1) is 5.80. The summed E-state index contributed by atoms with van der Waals surface area (Å²) < 4.78 is 1.88. The summed E-state index contributed by atoms with van der Waals surface area (Å²) in [5.74, 6) is 0. The SMILES string of the molecule is C=C=C[n+]1ccccc1. The second kappa shape index (κ2) is 2.85. The Bertz CT molecular complexity index is 220. The summed E-state index contributed by atoms with van der Waals surface area (Å²) in [6.45, 7) is 3.45. The summed E-state index contributed by atoms with van der Waals surface area (Å²) in [4.78, 5) is 0. The molecule has 0 aliphatic carbocycles. The third kappa shape index (κ3) is 1.56. The zero-order chi connectivity index (χ0) is 6.53. The molecule has 0 saturated heterocycles. The second-order valence-electron chi connectivity index (χ2n) is 1.66. The van der Waals surface area contributed by atoms with Crippen LogP contribution in [-0.4, -0.2) is 0 Å². The number of aromatic nitrogens is 1. The molecule has 0 aliphatic rings. The monoisotopic (exact) mass is 118 g/mol. The van der Waals surface area contributed by atoms with Crippen molar-refractivity contribution in [1.29, 1.82) is 0 Å². The maximum absolute atomic E-state index is 3.45. The lowest BCUT2D eigenvalue weighted by atomic mass is 10.5. The van der Waals surface area contributed by atoms with E-state index in [-0.39, 0.29) is 0 Å². The van der Waals surface area contributed by atoms with Crippen LogP contribution in [0.5, 0.6) is 0 Å². The molecule has 0 amide bonds. The minimum atomic E-state index is 1.76. The predicted molar refractivity (Wildman–Crippen MR) is 36.5 cm³/mol. The molecule has 44 valence electrons. The number of hydrogen-bond acceptors (Lipinski definition) is 0. The van der Waals surface area contributed by atoms with E-state index in [4.69, 9.17) is 0 Å². The number of pyridine rings is 1. The third-order valence-electron chi connectivity index (χ3n) is 0.979. The number of hydrogen-bond donors (Lipinski definition) is 0. The summed E-state index contributed by atoms with van der Waals surface area (Å²) in [5.41, 5.74) is 2.67. The van der Waals surface area contributed by atoms with Crippen LogP contribution in [0.15, 0.2) is 42.9 Å². The van der Waals surface area contributed by atoms with E-state index in [9.17, 15) is 0 Å². The molecule has 1 aromatic heterocycles. The van der Waals surface area contributed by atoms with Gasteiger partial charge in [-0.3, -0.25) is 0 Å². The van der Waals surface area contributed by atoms with Crippen LogP contribution < -0.4 is 4.57 Å². The van der Waals surface area contributed by atoms with Crippen LogP contribution in [0.4, 0.5) is 0 Å². The van der Waals surface area contributed by atoms with Gasteiger partial charge in [0.25, 0.3) is 0 Å². The molecule has 0 saturated carbocycles. The molecule has 9 heavy (non-hydrogen) atoms. The zero-order valence-corrected chi connectivity index (χ0v) is 5.12. The first-order valence-corrected chi connectivity index (χ1v) is 2.75. The van der Waals surface area contributed by atoms with Gasteiger partial charge in [0, 0.05) is 12.1 Å². The van der Waals surface area contributed by atoms with E-state index in [2.05, 4.69) is 12.3 Å². The van der Waals surface area contributed by atoms with Gasteiger partial charge in [-0.05, 0) is 0 Å². The Labute approximate surface area is 54.6 Å². The van der Waals surface area contributed by atoms with Crippen molar-refractivity contribution < 1.29 is 4.57 Å². The fourth-order valence-corrected chi connectivity index (χ4v) is 0.603. The van der Waals surface area contributed by atoms with Gasteiger partial charge in [-0.15, -0.1) is 0 Å². The van der Waals surface area contributed by atoms with Gasteiger partial charge < -0.3 is 0 Å². The Kier molecular flexibility index (Phi) is 1.84. The number of rotatable bonds is 1. The van der Waals surface area contributed by atoms with Crippen molar-refractivity contribution >= 4 is 6.20 Å². The average molecular weight is 118 g/mol. The lowest BCUT2D eigenvalue weighted by Gasteiger charge is -1.79. The van der Waals surface area contributed by atoms with E-state index >= 15 is 0 Å². The molecule has 0 aliphatic heterocycles. The van der Waals surface area contributed by atoms with Gasteiger partial charge in [-0.2, -0.15) is 4.57 Å². The van der Waals surface area contributed by atoms with E-state index in [1.807, 2.05) is 35.2 Å². The molecule has 1 rings (SSSR count). The van der Waals surface area contributed by atoms with Gasteiger partial charge in [0.1, 0.15) is 0 Å². The highest BCUT2D eigenvalue weighted by Gasteiger charge is 1.84. The van der Waals surface area contributed by atoms with E-state index in [1.54, 1.807) is 6.20 Å². The van der Waals surface area contributed by atoms with E-state index in [0.717, 1.165) is 0 Å². The van der Waals surface area contributed by atoms with Gasteiger partial charge in [-0.25, -0.2) is 0 Å². The van der Waals surface area contributed by atoms with Gasteiger partial charge in [0.2, 0.25) is 6.20 Å². The molecule has 0 fully saturated rings. The van der Waals surface area contributed by atoms with Crippen LogP contribution in [0.2, 0.25) is 0 Å². The Morgan fingerprint density at radius 1 is 1.22 bits per heavy atom. The van der Waals surface area contributed by atoms with Crippen molar-refractivity contribution in [3.8, 4) is 0 Å². The van der Waals surface area contributed by atoms with Crippen molar-refractivity contribution in [3.63, 3.8) is 0 Å². The van der Waals surface area contributed by atoms with Crippen LogP contribution in [0, 0.1) is 0 Å². The normalized spacial score (nSPS) is 8.00. The average Bonchev–Trinajstić information content (AvgIpc) is 1.91. The summed E-state index contributed by atoms with van der Waals surface area (Å²) in [5, 5.41) is 0. The topological polar surface area (TPSA) is 3.88 Å². The van der Waals surface area contributed by atoms with Crippen LogP contribution >= 0.6 is 0 Å². The van der Waals surface area contributed by atoms with Crippen molar-refractivity contribution in [2.75, 3.05) is 0 Å². The summed E-state index contributed by atoms with van der Waals surface area (Å²) in [7, 11) is 0. The fourth-order valence-electron chi connectivity index (χ4n) is 0.603. The maximum Gasteiger partial charge on any atom is 0.217 e. The van der Waals surface area contributed by atoms with Crippen LogP contribution in [-0.2, 0) is 0 Å². The molecule has 0 bridgehead atoms. The lowest BCUT2D eigenvalue weighted by molar-refractivity contribution is -0.568. The molecule has 0 N–H and O–H groups in total. The van der Waals surface area contributed by atoms with Crippen LogP contribution in [0.1, 0.15) is 0 Å². The van der Waals surface area contributed by atoms with E-state index in [1.165, 1.54) is 0 Å². The second-order valence-corrected chi connectivity index (χ2v) is 1.66. The molecular weight excluding hydrogens is 110 g/mol. The van der Waals surface area contributed by atoms with Gasteiger partial charge in [0.05, 0.1) is 0 Å². The molecule has 0 atom stereocenters. The highest BCUT2D eigenvalue weighted by Crippen LogP contribution is 1.75. The molecule has 1 heterocycles. The minimum Gasteiger partial charge on any atom is -0.167 e. The third-order valence-corrected chi connectivity index (χ3v) is 0.979. The zero-order valence-electron chi connectivity index (χ0n) is 5.12. The summed E-state index contributed by atoms with van der Waals surface area (Å²) in [6.07, 6.45) is 5.62. The van der Waals surface area contributed by atoms with Gasteiger partial charge in [0.15, 0.2) is 12.4 Å². The van der Waals surface area contributed by atoms with E-state index in [0.29, 0.717) is 0 Å². The number of nitrogens with zero attached hydrogens (tertiary/aromatic N) is 1. The Balaban J connectivity index is 2.97. The highest BCUT2D eigenvalue weighted by molar-refractivity contribution is 5.02. The lowest BCUT2D eigenvalue weighted by Crippen LogP contribution is -2.22. The molecular formula is C8H8N+. The van der Waals surface area contributed by atoms with Crippen molar-refractivity contribution in [2.24, 2.45) is 0 Å². The molecule has 0 spiro atoms. The van der Waals surface area contributed by atoms with Gasteiger partial charge in [-0.1, -0.05) is 18.4 Å². The quantitative estimate of drug-likeness (QED) is 0.385. The Morgan fingerprint density at radius 2 is 1.89 bits per heavy atom. The largest absolute Gasteiger partial charge is 0.217 e. The standard InChI is InChI=1S/C8H8N/c1-2-6-9-7-4-3-5-8-9/h3-8H,1H2/q+1. The Hall–Kier alpha value is -1.33. The van der Waals surface area contributed by atoms with E-state index < -0.39 is 0 Å². The first-order chi connectivity index (χ1) is 4.43. The van der Waals surface area contributed by atoms with Crippen molar-refractivity contribution in [2.45, 2.75) is 0 Å². The molecule has 1 heteroatoms. The molecule has 1 nitrogen and oxygen atoms in total. The molecule has 1 aromatic rings. The molecule has 0 unspecified atom stereocenters.